The SMILES string of the molecule is Cc1cc(N2CCC(c3nnc(CN4CCCCCC4)n3C)CC2)nc(N)n1. The molecule has 2 fully saturated rings. The first-order valence-corrected chi connectivity index (χ1v) is 10.6. The lowest BCUT2D eigenvalue weighted by Crippen LogP contribution is -2.34. The van der Waals surface area contributed by atoms with Crippen LogP contribution in [0.15, 0.2) is 6.07 Å². The minimum Gasteiger partial charge on any atom is -0.368 e. The molecule has 0 spiro atoms. The molecule has 0 atom stereocenters. The summed E-state index contributed by atoms with van der Waals surface area (Å²) in [6.45, 7) is 7.15. The number of likely N-dealkylation sites (tertiary alicyclic amines) is 1. The van der Waals surface area contributed by atoms with E-state index in [0.717, 1.165) is 55.6 Å². The predicted octanol–water partition coefficient (Wildman–Crippen LogP) is 2.26. The van der Waals surface area contributed by atoms with Crippen LogP contribution in [0.25, 0.3) is 0 Å². The molecule has 2 N–H and O–H groups in total. The van der Waals surface area contributed by atoms with Crippen LogP contribution >= 0.6 is 0 Å². The van der Waals surface area contributed by atoms with Crippen molar-refractivity contribution in [3.8, 4) is 0 Å². The fraction of sp³-hybridized carbons (Fsp3) is 0.700. The summed E-state index contributed by atoms with van der Waals surface area (Å²) >= 11 is 0. The molecular formula is C20H32N8. The third-order valence-corrected chi connectivity index (χ3v) is 6.10. The maximum absolute atomic E-state index is 5.82. The van der Waals surface area contributed by atoms with E-state index >= 15 is 0 Å². The second-order valence-electron chi connectivity index (χ2n) is 8.21. The molecule has 0 aromatic carbocycles. The van der Waals surface area contributed by atoms with E-state index in [1.54, 1.807) is 0 Å². The number of piperidine rings is 1. The van der Waals surface area contributed by atoms with Crippen molar-refractivity contribution in [1.82, 2.24) is 29.6 Å². The molecule has 4 rings (SSSR count). The largest absolute Gasteiger partial charge is 0.368 e. The third-order valence-electron chi connectivity index (χ3n) is 6.10. The number of rotatable bonds is 4. The average molecular weight is 385 g/mol. The van der Waals surface area contributed by atoms with Crippen LogP contribution in [0, 0.1) is 6.92 Å². The first-order valence-electron chi connectivity index (χ1n) is 10.6. The summed E-state index contributed by atoms with van der Waals surface area (Å²) < 4.78 is 2.23. The number of anilines is 2. The Labute approximate surface area is 167 Å². The van der Waals surface area contributed by atoms with Crippen molar-refractivity contribution >= 4 is 11.8 Å². The van der Waals surface area contributed by atoms with Gasteiger partial charge >= 0.3 is 0 Å². The third kappa shape index (κ3) is 4.27. The highest BCUT2D eigenvalue weighted by Crippen LogP contribution is 2.29. The highest BCUT2D eigenvalue weighted by molar-refractivity contribution is 5.43. The van der Waals surface area contributed by atoms with Gasteiger partial charge in [0.25, 0.3) is 0 Å². The zero-order valence-corrected chi connectivity index (χ0v) is 17.1. The Kier molecular flexibility index (Phi) is 5.75. The molecule has 2 aliphatic heterocycles. The Balaban J connectivity index is 1.38. The van der Waals surface area contributed by atoms with Gasteiger partial charge in [0.1, 0.15) is 17.5 Å². The van der Waals surface area contributed by atoms with E-state index in [1.807, 2.05) is 13.0 Å². The van der Waals surface area contributed by atoms with E-state index in [0.29, 0.717) is 11.9 Å². The van der Waals surface area contributed by atoms with E-state index in [-0.39, 0.29) is 0 Å². The number of nitrogens with two attached hydrogens (primary N) is 1. The Morgan fingerprint density at radius 3 is 2.39 bits per heavy atom. The molecule has 2 saturated heterocycles. The van der Waals surface area contributed by atoms with Crippen molar-refractivity contribution in [2.75, 3.05) is 36.8 Å². The Morgan fingerprint density at radius 1 is 1.00 bits per heavy atom. The molecule has 4 heterocycles. The van der Waals surface area contributed by atoms with E-state index in [4.69, 9.17) is 5.73 Å². The molecule has 0 aliphatic carbocycles. The monoisotopic (exact) mass is 384 g/mol. The maximum atomic E-state index is 5.82. The topological polar surface area (TPSA) is 89.0 Å². The van der Waals surface area contributed by atoms with Gasteiger partial charge < -0.3 is 15.2 Å². The number of nitrogen functional groups attached to an aromatic ring is 1. The Morgan fingerprint density at radius 2 is 1.71 bits per heavy atom. The normalized spacial score (nSPS) is 19.7. The van der Waals surface area contributed by atoms with Crippen LogP contribution < -0.4 is 10.6 Å². The van der Waals surface area contributed by atoms with Gasteiger partial charge in [-0.2, -0.15) is 4.98 Å². The molecule has 0 amide bonds. The average Bonchev–Trinajstić information content (AvgIpc) is 2.87. The van der Waals surface area contributed by atoms with Crippen LogP contribution in [-0.2, 0) is 13.6 Å². The highest BCUT2D eigenvalue weighted by atomic mass is 15.3. The van der Waals surface area contributed by atoms with Crippen molar-refractivity contribution in [2.45, 2.75) is 57.9 Å². The summed E-state index contributed by atoms with van der Waals surface area (Å²) in [6.07, 6.45) is 7.43. The smallest absolute Gasteiger partial charge is 0.222 e. The second-order valence-corrected chi connectivity index (χ2v) is 8.21. The summed E-state index contributed by atoms with van der Waals surface area (Å²) in [5, 5.41) is 9.11. The van der Waals surface area contributed by atoms with Gasteiger partial charge in [0.05, 0.1) is 6.54 Å². The van der Waals surface area contributed by atoms with Crippen molar-refractivity contribution in [3.63, 3.8) is 0 Å². The van der Waals surface area contributed by atoms with Crippen molar-refractivity contribution in [2.24, 2.45) is 7.05 Å². The van der Waals surface area contributed by atoms with Crippen LogP contribution in [0.3, 0.4) is 0 Å². The number of hydrogen-bond donors (Lipinski definition) is 1. The van der Waals surface area contributed by atoms with Gasteiger partial charge in [-0.1, -0.05) is 12.8 Å². The van der Waals surface area contributed by atoms with E-state index in [9.17, 15) is 0 Å². The standard InChI is InChI=1S/C20H32N8/c1-15-13-17(23-20(21)22-15)28-11-7-16(8-12-28)19-25-24-18(26(19)2)14-27-9-5-3-4-6-10-27/h13,16H,3-12,14H2,1-2H3,(H2,21,22,23). The Bertz CT molecular complexity index is 765. The van der Waals surface area contributed by atoms with E-state index in [1.165, 1.54) is 38.8 Å². The Hall–Kier alpha value is -2.22. The zero-order valence-electron chi connectivity index (χ0n) is 17.1. The van der Waals surface area contributed by atoms with Crippen LogP contribution in [-0.4, -0.2) is 55.8 Å². The van der Waals surface area contributed by atoms with Crippen LogP contribution in [0.4, 0.5) is 11.8 Å². The molecule has 0 saturated carbocycles. The second kappa shape index (κ2) is 8.43. The quantitative estimate of drug-likeness (QED) is 0.865. The first-order chi connectivity index (χ1) is 13.6. The highest BCUT2D eigenvalue weighted by Gasteiger charge is 2.26. The summed E-state index contributed by atoms with van der Waals surface area (Å²) in [5.74, 6) is 3.96. The molecule has 8 heteroatoms. The van der Waals surface area contributed by atoms with Crippen molar-refractivity contribution in [3.05, 3.63) is 23.4 Å². The lowest BCUT2D eigenvalue weighted by molar-refractivity contribution is 0.266. The minimum atomic E-state index is 0.351. The molecule has 2 aromatic rings. The molecule has 152 valence electrons. The molecule has 0 bridgehead atoms. The summed E-state index contributed by atoms with van der Waals surface area (Å²) in [7, 11) is 2.13. The van der Waals surface area contributed by atoms with Crippen LogP contribution in [0.1, 0.15) is 61.8 Å². The van der Waals surface area contributed by atoms with Crippen molar-refractivity contribution in [1.29, 1.82) is 0 Å². The molecule has 2 aliphatic rings. The lowest BCUT2D eigenvalue weighted by Gasteiger charge is -2.32. The van der Waals surface area contributed by atoms with Gasteiger partial charge in [-0.05, 0) is 45.7 Å². The fourth-order valence-electron chi connectivity index (χ4n) is 4.47. The summed E-state index contributed by atoms with van der Waals surface area (Å²) in [4.78, 5) is 13.4. The zero-order chi connectivity index (χ0) is 19.5. The summed E-state index contributed by atoms with van der Waals surface area (Å²) in [6, 6.07) is 2.01. The molecule has 0 unspecified atom stereocenters. The number of nitrogens with zero attached hydrogens (tertiary/aromatic N) is 7. The van der Waals surface area contributed by atoms with Gasteiger partial charge in [0, 0.05) is 37.8 Å². The number of aryl methyl sites for hydroxylation is 1. The van der Waals surface area contributed by atoms with Gasteiger partial charge in [-0.3, -0.25) is 4.90 Å². The molecule has 2 aromatic heterocycles. The van der Waals surface area contributed by atoms with Gasteiger partial charge in [0.15, 0.2) is 0 Å². The van der Waals surface area contributed by atoms with Gasteiger partial charge in [-0.25, -0.2) is 4.98 Å². The van der Waals surface area contributed by atoms with Crippen LogP contribution in [0.5, 0.6) is 0 Å². The molecular weight excluding hydrogens is 352 g/mol. The minimum absolute atomic E-state index is 0.351. The number of aromatic nitrogens is 5. The summed E-state index contributed by atoms with van der Waals surface area (Å²) in [5.41, 5.74) is 6.73. The van der Waals surface area contributed by atoms with E-state index in [2.05, 4.69) is 41.6 Å². The lowest BCUT2D eigenvalue weighted by atomic mass is 9.96. The van der Waals surface area contributed by atoms with Gasteiger partial charge in [-0.15, -0.1) is 10.2 Å². The van der Waals surface area contributed by atoms with Crippen LogP contribution in [0.2, 0.25) is 0 Å². The van der Waals surface area contributed by atoms with Gasteiger partial charge in [0.2, 0.25) is 5.95 Å². The predicted molar refractivity (Wildman–Crippen MR) is 110 cm³/mol. The molecule has 0 radical (unpaired) electrons. The van der Waals surface area contributed by atoms with Crippen molar-refractivity contribution < 1.29 is 0 Å². The number of hydrogen-bond acceptors (Lipinski definition) is 7. The molecule has 8 nitrogen and oxygen atoms in total. The molecule has 28 heavy (non-hydrogen) atoms. The maximum Gasteiger partial charge on any atom is 0.222 e. The van der Waals surface area contributed by atoms with E-state index < -0.39 is 0 Å². The fourth-order valence-corrected chi connectivity index (χ4v) is 4.47. The first kappa shape index (κ1) is 19.1.